The smallest absolute Gasteiger partial charge is 0.271 e. The number of ether oxygens (including phenoxy) is 1. The van der Waals surface area contributed by atoms with E-state index in [-0.39, 0.29) is 11.7 Å². The van der Waals surface area contributed by atoms with Crippen LogP contribution < -0.4 is 11.1 Å². The van der Waals surface area contributed by atoms with Crippen molar-refractivity contribution in [3.05, 3.63) is 12.0 Å². The minimum Gasteiger partial charge on any atom is -0.394 e. The van der Waals surface area contributed by atoms with Gasteiger partial charge in [-0.2, -0.15) is 0 Å². The van der Waals surface area contributed by atoms with Crippen LogP contribution in [-0.4, -0.2) is 61.7 Å². The lowest BCUT2D eigenvalue weighted by Gasteiger charge is -2.21. The Bertz CT molecular complexity index is 518. The van der Waals surface area contributed by atoms with Crippen LogP contribution in [-0.2, 0) is 4.74 Å². The molecule has 1 aliphatic heterocycles. The minimum atomic E-state index is -1.26. The maximum absolute atomic E-state index is 11.4. The number of rotatable bonds is 5. The molecule has 0 saturated carbocycles. The van der Waals surface area contributed by atoms with Crippen molar-refractivity contribution in [3.63, 3.8) is 0 Å². The van der Waals surface area contributed by atoms with Gasteiger partial charge >= 0.3 is 0 Å². The maximum atomic E-state index is 11.4. The molecule has 1 amide bonds. The van der Waals surface area contributed by atoms with Crippen LogP contribution in [0.5, 0.6) is 0 Å². The summed E-state index contributed by atoms with van der Waals surface area (Å²) in [7, 11) is 0. The quantitative estimate of drug-likeness (QED) is 0.441. The zero-order valence-electron chi connectivity index (χ0n) is 11.8. The zero-order valence-corrected chi connectivity index (χ0v) is 11.8. The van der Waals surface area contributed by atoms with Gasteiger partial charge in [0.25, 0.3) is 5.91 Å². The summed E-state index contributed by atoms with van der Waals surface area (Å²) in [5.74, 6) is -0.420. The molecule has 1 aliphatic rings. The highest BCUT2D eigenvalue weighted by Crippen LogP contribution is 2.32. The van der Waals surface area contributed by atoms with Crippen LogP contribution >= 0.6 is 0 Å². The molecule has 0 bridgehead atoms. The Balaban J connectivity index is 2.37. The van der Waals surface area contributed by atoms with Crippen LogP contribution in [0.3, 0.4) is 0 Å². The Hall–Kier alpha value is -1.68. The molecule has 9 heteroatoms. The molecule has 1 aromatic rings. The van der Waals surface area contributed by atoms with Crippen LogP contribution in [0.2, 0.25) is 0 Å². The van der Waals surface area contributed by atoms with Crippen molar-refractivity contribution in [2.75, 3.05) is 11.9 Å². The predicted octanol–water partition coefficient (Wildman–Crippen LogP) is -1.59. The van der Waals surface area contributed by atoms with Crippen LogP contribution in [0, 0.1) is 0 Å². The van der Waals surface area contributed by atoms with Gasteiger partial charge in [-0.1, -0.05) is 0 Å². The Kier molecular flexibility index (Phi) is 4.47. The molecule has 6 N–H and O–H groups in total. The Labute approximate surface area is 121 Å². The number of carbonyl (C=O) groups is 1. The number of aliphatic hydroxyl groups excluding tert-OH is 3. The van der Waals surface area contributed by atoms with Crippen molar-refractivity contribution in [3.8, 4) is 0 Å². The van der Waals surface area contributed by atoms with Crippen molar-refractivity contribution in [1.82, 2.24) is 9.55 Å². The predicted molar refractivity (Wildman–Crippen MR) is 72.5 cm³/mol. The van der Waals surface area contributed by atoms with E-state index in [1.165, 1.54) is 10.9 Å². The van der Waals surface area contributed by atoms with Gasteiger partial charge in [0.05, 0.1) is 12.9 Å². The molecule has 4 atom stereocenters. The van der Waals surface area contributed by atoms with E-state index in [2.05, 4.69) is 10.3 Å². The van der Waals surface area contributed by atoms with Crippen LogP contribution in [0.15, 0.2) is 6.33 Å². The summed E-state index contributed by atoms with van der Waals surface area (Å²) in [5, 5.41) is 32.0. The number of hydrogen-bond acceptors (Lipinski definition) is 7. The highest BCUT2D eigenvalue weighted by atomic mass is 16.6. The van der Waals surface area contributed by atoms with E-state index in [0.717, 1.165) is 0 Å². The number of nitrogens with zero attached hydrogens (tertiary/aromatic N) is 2. The van der Waals surface area contributed by atoms with Gasteiger partial charge in [-0.25, -0.2) is 4.98 Å². The summed E-state index contributed by atoms with van der Waals surface area (Å²) in [6, 6.07) is -0.0179. The average Bonchev–Trinajstić information content (AvgIpc) is 2.92. The number of aliphatic hydroxyl groups is 3. The van der Waals surface area contributed by atoms with E-state index >= 15 is 0 Å². The second-order valence-electron chi connectivity index (χ2n) is 5.24. The molecule has 0 aliphatic carbocycles. The van der Waals surface area contributed by atoms with E-state index < -0.39 is 37.1 Å². The molecule has 21 heavy (non-hydrogen) atoms. The summed E-state index contributed by atoms with van der Waals surface area (Å²) >= 11 is 0. The molecule has 0 unspecified atom stereocenters. The first-order valence-corrected chi connectivity index (χ1v) is 6.62. The number of primary amides is 1. The summed E-state index contributed by atoms with van der Waals surface area (Å²) in [4.78, 5) is 15.3. The largest absolute Gasteiger partial charge is 0.394 e. The summed E-state index contributed by atoms with van der Waals surface area (Å²) in [5.41, 5.74) is 5.29. The van der Waals surface area contributed by atoms with Crippen molar-refractivity contribution >= 4 is 11.7 Å². The van der Waals surface area contributed by atoms with Gasteiger partial charge in [0, 0.05) is 6.04 Å². The molecule has 118 valence electrons. The number of amides is 1. The molecule has 2 rings (SSSR count). The van der Waals surface area contributed by atoms with Crippen molar-refractivity contribution in [2.24, 2.45) is 5.73 Å². The fourth-order valence-electron chi connectivity index (χ4n) is 2.26. The second kappa shape index (κ2) is 5.98. The average molecular weight is 300 g/mol. The number of imidazole rings is 1. The molecular formula is C12H20N4O5. The highest BCUT2D eigenvalue weighted by Gasteiger charge is 2.44. The molecular weight excluding hydrogens is 280 g/mol. The van der Waals surface area contributed by atoms with Gasteiger partial charge in [0.1, 0.15) is 24.1 Å². The third-order valence-corrected chi connectivity index (χ3v) is 3.24. The summed E-state index contributed by atoms with van der Waals surface area (Å²) < 4.78 is 6.81. The number of nitrogens with one attached hydrogen (secondary N) is 1. The van der Waals surface area contributed by atoms with E-state index in [0.29, 0.717) is 5.82 Å². The molecule has 9 nitrogen and oxygen atoms in total. The lowest BCUT2D eigenvalue weighted by atomic mass is 10.1. The Morgan fingerprint density at radius 3 is 2.67 bits per heavy atom. The lowest BCUT2D eigenvalue weighted by Crippen LogP contribution is -2.33. The van der Waals surface area contributed by atoms with Crippen molar-refractivity contribution in [1.29, 1.82) is 0 Å². The number of aromatic nitrogens is 2. The standard InChI is InChI=1S/C12H20N4O5/c1-5(2)15-11-7(10(13)20)14-4-16(11)12-9(19)8(18)6(3-17)21-12/h4-6,8-9,12,15,17-19H,3H2,1-2H3,(H2,13,20)/t6-,8-,9-,12-/m1/s1. The van der Waals surface area contributed by atoms with Crippen molar-refractivity contribution in [2.45, 2.75) is 44.4 Å². The number of carbonyl (C=O) groups excluding carboxylic acids is 1. The van der Waals surface area contributed by atoms with Gasteiger partial charge in [-0.05, 0) is 13.8 Å². The second-order valence-corrected chi connectivity index (χ2v) is 5.24. The van der Waals surface area contributed by atoms with Crippen LogP contribution in [0.4, 0.5) is 5.82 Å². The van der Waals surface area contributed by atoms with Gasteiger partial charge in [0.2, 0.25) is 0 Å². The molecule has 1 fully saturated rings. The van der Waals surface area contributed by atoms with E-state index in [1.807, 2.05) is 13.8 Å². The number of anilines is 1. The van der Waals surface area contributed by atoms with E-state index in [9.17, 15) is 15.0 Å². The van der Waals surface area contributed by atoms with Crippen LogP contribution in [0.25, 0.3) is 0 Å². The van der Waals surface area contributed by atoms with Gasteiger partial charge in [-0.3, -0.25) is 9.36 Å². The Morgan fingerprint density at radius 1 is 1.52 bits per heavy atom. The van der Waals surface area contributed by atoms with Gasteiger partial charge < -0.3 is 31.1 Å². The SMILES string of the molecule is CC(C)Nc1c(C(N)=O)ncn1[C@@H]1O[C@H](CO)[C@@H](O)[C@H]1O. The van der Waals surface area contributed by atoms with Crippen molar-refractivity contribution < 1.29 is 24.9 Å². The highest BCUT2D eigenvalue weighted by molar-refractivity contribution is 5.95. The normalized spacial score (nSPS) is 29.0. The third-order valence-electron chi connectivity index (χ3n) is 3.24. The fraction of sp³-hybridized carbons (Fsp3) is 0.667. The maximum Gasteiger partial charge on any atom is 0.271 e. The Morgan fingerprint density at radius 2 is 2.19 bits per heavy atom. The van der Waals surface area contributed by atoms with E-state index in [1.54, 1.807) is 0 Å². The molecule has 0 radical (unpaired) electrons. The molecule has 0 spiro atoms. The molecule has 2 heterocycles. The van der Waals surface area contributed by atoms with Gasteiger partial charge in [-0.15, -0.1) is 0 Å². The summed E-state index contributed by atoms with van der Waals surface area (Å²) in [6.45, 7) is 3.29. The first-order valence-electron chi connectivity index (χ1n) is 6.62. The lowest BCUT2D eigenvalue weighted by molar-refractivity contribution is -0.0519. The molecule has 1 saturated heterocycles. The number of nitrogens with two attached hydrogens (primary N) is 1. The molecule has 0 aromatic carbocycles. The van der Waals surface area contributed by atoms with Crippen LogP contribution in [0.1, 0.15) is 30.6 Å². The minimum absolute atomic E-state index is 0.0152. The van der Waals surface area contributed by atoms with E-state index in [4.69, 9.17) is 15.6 Å². The first-order chi connectivity index (χ1) is 9.86. The third kappa shape index (κ3) is 2.86. The zero-order chi connectivity index (χ0) is 15.7. The monoisotopic (exact) mass is 300 g/mol. The topological polar surface area (TPSA) is 143 Å². The summed E-state index contributed by atoms with van der Waals surface area (Å²) in [6.07, 6.45) is -3.07. The number of hydrogen-bond donors (Lipinski definition) is 5. The molecule has 1 aromatic heterocycles. The first kappa shape index (κ1) is 15.7. The van der Waals surface area contributed by atoms with Gasteiger partial charge in [0.15, 0.2) is 11.9 Å². The fourth-order valence-corrected chi connectivity index (χ4v) is 2.26.